The Hall–Kier alpha value is -2.09. The lowest BCUT2D eigenvalue weighted by molar-refractivity contribution is -0.137. The Labute approximate surface area is 142 Å². The van der Waals surface area contributed by atoms with Gasteiger partial charge < -0.3 is 10.6 Å². The molecule has 2 aromatic rings. The molecule has 24 heavy (non-hydrogen) atoms. The molecule has 1 aromatic heterocycles. The number of amides is 1. The van der Waals surface area contributed by atoms with Gasteiger partial charge in [0.25, 0.3) is 0 Å². The predicted molar refractivity (Wildman–Crippen MR) is 88.5 cm³/mol. The second kappa shape index (κ2) is 8.14. The van der Waals surface area contributed by atoms with E-state index in [2.05, 4.69) is 15.6 Å². The van der Waals surface area contributed by atoms with E-state index in [1.165, 1.54) is 23.5 Å². The predicted octanol–water partition coefficient (Wildman–Crippen LogP) is 4.36. The van der Waals surface area contributed by atoms with E-state index in [0.717, 1.165) is 25.0 Å². The molecular formula is C16H18F3N3OS. The van der Waals surface area contributed by atoms with E-state index in [-0.39, 0.29) is 12.3 Å². The van der Waals surface area contributed by atoms with E-state index in [0.29, 0.717) is 23.1 Å². The number of aromatic nitrogens is 1. The summed E-state index contributed by atoms with van der Waals surface area (Å²) in [4.78, 5) is 15.9. The van der Waals surface area contributed by atoms with Gasteiger partial charge in [0.2, 0.25) is 5.91 Å². The van der Waals surface area contributed by atoms with Gasteiger partial charge in [0.15, 0.2) is 5.13 Å². The summed E-state index contributed by atoms with van der Waals surface area (Å²) < 4.78 is 38.1. The number of alkyl halides is 3. The molecule has 1 amide bonds. The molecule has 0 spiro atoms. The van der Waals surface area contributed by atoms with Crippen molar-refractivity contribution in [3.05, 3.63) is 40.9 Å². The SMILES string of the molecule is CCCCNC(=O)Cc1csc(Nc2cccc(C(F)(F)F)c2)n1. The van der Waals surface area contributed by atoms with Crippen LogP contribution in [-0.2, 0) is 17.4 Å². The second-order valence-corrected chi connectivity index (χ2v) is 6.09. The highest BCUT2D eigenvalue weighted by Crippen LogP contribution is 2.31. The Morgan fingerprint density at radius 3 is 2.83 bits per heavy atom. The standard InChI is InChI=1S/C16H18F3N3OS/c1-2-3-7-20-14(23)9-13-10-24-15(22-13)21-12-6-4-5-11(8-12)16(17,18)19/h4-6,8,10H,2-3,7,9H2,1H3,(H,20,23)(H,21,22). The Balaban J connectivity index is 1.95. The number of nitrogens with one attached hydrogen (secondary N) is 2. The zero-order chi connectivity index (χ0) is 17.6. The first-order valence-electron chi connectivity index (χ1n) is 7.54. The third-order valence-corrected chi connectivity index (χ3v) is 3.99. The van der Waals surface area contributed by atoms with Crippen molar-refractivity contribution >= 4 is 28.1 Å². The quantitative estimate of drug-likeness (QED) is 0.724. The molecule has 130 valence electrons. The number of rotatable bonds is 7. The Kier molecular flexibility index (Phi) is 6.19. The summed E-state index contributed by atoms with van der Waals surface area (Å²) in [5.41, 5.74) is 0.168. The molecule has 2 rings (SSSR count). The van der Waals surface area contributed by atoms with Crippen molar-refractivity contribution < 1.29 is 18.0 Å². The number of nitrogens with zero attached hydrogens (tertiary/aromatic N) is 1. The zero-order valence-corrected chi connectivity index (χ0v) is 13.9. The number of anilines is 2. The topological polar surface area (TPSA) is 54.0 Å². The van der Waals surface area contributed by atoms with Crippen LogP contribution in [0, 0.1) is 0 Å². The van der Waals surface area contributed by atoms with E-state index < -0.39 is 11.7 Å². The number of carbonyl (C=O) groups is 1. The van der Waals surface area contributed by atoms with Gasteiger partial charge in [0.1, 0.15) is 0 Å². The molecule has 0 fully saturated rings. The lowest BCUT2D eigenvalue weighted by atomic mass is 10.2. The van der Waals surface area contributed by atoms with Crippen LogP contribution in [0.25, 0.3) is 0 Å². The summed E-state index contributed by atoms with van der Waals surface area (Å²) in [6, 6.07) is 4.91. The number of hydrogen-bond donors (Lipinski definition) is 2. The Morgan fingerprint density at radius 1 is 1.33 bits per heavy atom. The van der Waals surface area contributed by atoms with Crippen LogP contribution < -0.4 is 10.6 Å². The Morgan fingerprint density at radius 2 is 2.12 bits per heavy atom. The molecule has 0 aliphatic heterocycles. The van der Waals surface area contributed by atoms with Crippen LogP contribution in [0.4, 0.5) is 24.0 Å². The van der Waals surface area contributed by atoms with Gasteiger partial charge in [-0.1, -0.05) is 19.4 Å². The van der Waals surface area contributed by atoms with E-state index in [4.69, 9.17) is 0 Å². The maximum atomic E-state index is 12.7. The van der Waals surface area contributed by atoms with Gasteiger partial charge in [-0.3, -0.25) is 4.79 Å². The first-order valence-corrected chi connectivity index (χ1v) is 8.42. The van der Waals surface area contributed by atoms with Crippen molar-refractivity contribution in [3.8, 4) is 0 Å². The average molecular weight is 357 g/mol. The summed E-state index contributed by atoms with van der Waals surface area (Å²) in [5.74, 6) is -0.112. The molecule has 0 radical (unpaired) electrons. The van der Waals surface area contributed by atoms with Crippen molar-refractivity contribution in [3.63, 3.8) is 0 Å². The van der Waals surface area contributed by atoms with Gasteiger partial charge >= 0.3 is 6.18 Å². The van der Waals surface area contributed by atoms with Crippen molar-refractivity contribution in [1.29, 1.82) is 0 Å². The van der Waals surface area contributed by atoms with Gasteiger partial charge in [0.05, 0.1) is 17.7 Å². The Bertz CT molecular complexity index is 685. The monoisotopic (exact) mass is 357 g/mol. The van der Waals surface area contributed by atoms with Crippen LogP contribution in [0.3, 0.4) is 0 Å². The molecule has 4 nitrogen and oxygen atoms in total. The highest BCUT2D eigenvalue weighted by molar-refractivity contribution is 7.13. The summed E-state index contributed by atoms with van der Waals surface area (Å²) in [7, 11) is 0. The molecule has 0 saturated heterocycles. The van der Waals surface area contributed by atoms with Gasteiger partial charge in [-0.2, -0.15) is 13.2 Å². The molecule has 8 heteroatoms. The van der Waals surface area contributed by atoms with Crippen LogP contribution >= 0.6 is 11.3 Å². The second-order valence-electron chi connectivity index (χ2n) is 5.23. The molecule has 0 saturated carbocycles. The van der Waals surface area contributed by atoms with Gasteiger partial charge in [-0.05, 0) is 24.6 Å². The third kappa shape index (κ3) is 5.52. The number of thiazole rings is 1. The maximum absolute atomic E-state index is 12.7. The fourth-order valence-electron chi connectivity index (χ4n) is 1.97. The maximum Gasteiger partial charge on any atom is 0.416 e. The lowest BCUT2D eigenvalue weighted by Crippen LogP contribution is -2.26. The molecule has 0 bridgehead atoms. The minimum Gasteiger partial charge on any atom is -0.356 e. The first-order chi connectivity index (χ1) is 11.4. The van der Waals surface area contributed by atoms with E-state index in [9.17, 15) is 18.0 Å². The molecule has 1 aromatic carbocycles. The number of carbonyl (C=O) groups excluding carboxylic acids is 1. The summed E-state index contributed by atoms with van der Waals surface area (Å²) in [6.45, 7) is 2.67. The smallest absolute Gasteiger partial charge is 0.356 e. The minimum atomic E-state index is -4.39. The zero-order valence-electron chi connectivity index (χ0n) is 13.1. The molecule has 1 heterocycles. The molecule has 0 unspecified atom stereocenters. The van der Waals surface area contributed by atoms with Crippen molar-refractivity contribution in [1.82, 2.24) is 10.3 Å². The molecule has 0 aliphatic rings. The van der Waals surface area contributed by atoms with Gasteiger partial charge in [-0.15, -0.1) is 11.3 Å². The normalized spacial score (nSPS) is 11.3. The van der Waals surface area contributed by atoms with Gasteiger partial charge in [-0.25, -0.2) is 4.98 Å². The highest BCUT2D eigenvalue weighted by atomic mass is 32.1. The fraction of sp³-hybridized carbons (Fsp3) is 0.375. The minimum absolute atomic E-state index is 0.112. The third-order valence-electron chi connectivity index (χ3n) is 3.19. The van der Waals surface area contributed by atoms with Crippen molar-refractivity contribution in [2.75, 3.05) is 11.9 Å². The molecule has 0 aliphatic carbocycles. The van der Waals surface area contributed by atoms with Crippen molar-refractivity contribution in [2.45, 2.75) is 32.4 Å². The summed E-state index contributed by atoms with van der Waals surface area (Å²) in [5, 5.41) is 7.80. The van der Waals surface area contributed by atoms with E-state index >= 15 is 0 Å². The van der Waals surface area contributed by atoms with Gasteiger partial charge in [0, 0.05) is 17.6 Å². The number of benzene rings is 1. The fourth-order valence-corrected chi connectivity index (χ4v) is 2.70. The highest BCUT2D eigenvalue weighted by Gasteiger charge is 2.30. The first kappa shape index (κ1) is 18.3. The summed E-state index contributed by atoms with van der Waals surface area (Å²) in [6.07, 6.45) is -2.31. The number of hydrogen-bond acceptors (Lipinski definition) is 4. The number of unbranched alkanes of at least 4 members (excludes halogenated alkanes) is 1. The van der Waals surface area contributed by atoms with E-state index in [1.54, 1.807) is 5.38 Å². The van der Waals surface area contributed by atoms with Crippen LogP contribution in [0.2, 0.25) is 0 Å². The van der Waals surface area contributed by atoms with E-state index in [1.807, 2.05) is 6.92 Å². The van der Waals surface area contributed by atoms with Crippen LogP contribution in [0.5, 0.6) is 0 Å². The molecule has 0 atom stereocenters. The number of halogens is 3. The summed E-state index contributed by atoms with van der Waals surface area (Å²) >= 11 is 1.24. The largest absolute Gasteiger partial charge is 0.416 e. The van der Waals surface area contributed by atoms with Crippen LogP contribution in [0.1, 0.15) is 31.0 Å². The molecule has 2 N–H and O–H groups in total. The lowest BCUT2D eigenvalue weighted by Gasteiger charge is -2.08. The van der Waals surface area contributed by atoms with Crippen LogP contribution in [0.15, 0.2) is 29.6 Å². The average Bonchev–Trinajstić information content (AvgIpc) is 2.94. The van der Waals surface area contributed by atoms with Crippen LogP contribution in [-0.4, -0.2) is 17.4 Å². The van der Waals surface area contributed by atoms with Crippen molar-refractivity contribution in [2.24, 2.45) is 0 Å². The molecular weight excluding hydrogens is 339 g/mol.